The summed E-state index contributed by atoms with van der Waals surface area (Å²) in [5.74, 6) is 0.457. The van der Waals surface area contributed by atoms with Gasteiger partial charge < -0.3 is 15.7 Å². The van der Waals surface area contributed by atoms with Crippen molar-refractivity contribution in [3.05, 3.63) is 34.9 Å². The van der Waals surface area contributed by atoms with Crippen molar-refractivity contribution in [2.24, 2.45) is 5.92 Å². The maximum absolute atomic E-state index is 11.5. The fourth-order valence-corrected chi connectivity index (χ4v) is 2.02. The van der Waals surface area contributed by atoms with E-state index in [-0.39, 0.29) is 12.1 Å². The van der Waals surface area contributed by atoms with Crippen LogP contribution in [0.15, 0.2) is 24.3 Å². The Labute approximate surface area is 118 Å². The Balaban J connectivity index is 1.60. The zero-order valence-electron chi connectivity index (χ0n) is 10.7. The van der Waals surface area contributed by atoms with Crippen molar-refractivity contribution in [3.8, 4) is 0 Å². The number of benzene rings is 1. The average Bonchev–Trinajstić information content (AvgIpc) is 3.22. The molecule has 5 heteroatoms. The van der Waals surface area contributed by atoms with Gasteiger partial charge in [-0.05, 0) is 42.9 Å². The minimum atomic E-state index is -0.267. The normalized spacial score (nSPS) is 15.9. The van der Waals surface area contributed by atoms with Crippen LogP contribution >= 0.6 is 11.6 Å². The standard InChI is InChI=1S/C14H19ClN2O2/c15-12-5-1-10(2-6-12)9-17-14(19)16-8-7-13(18)11-3-4-11/h1-2,5-6,11,13,18H,3-4,7-9H2,(H2,16,17,19)/t13-/m0/s1. The lowest BCUT2D eigenvalue weighted by Gasteiger charge is -2.11. The van der Waals surface area contributed by atoms with Crippen LogP contribution in [0.3, 0.4) is 0 Å². The van der Waals surface area contributed by atoms with Gasteiger partial charge in [-0.1, -0.05) is 23.7 Å². The maximum Gasteiger partial charge on any atom is 0.315 e. The molecule has 0 saturated heterocycles. The third-order valence-electron chi connectivity index (χ3n) is 3.26. The molecule has 0 bridgehead atoms. The molecule has 1 aromatic carbocycles. The number of hydrogen-bond donors (Lipinski definition) is 3. The Bertz CT molecular complexity index is 418. The molecule has 0 aromatic heterocycles. The summed E-state index contributed by atoms with van der Waals surface area (Å²) in [6.45, 7) is 0.971. The first-order valence-electron chi connectivity index (χ1n) is 6.59. The zero-order valence-corrected chi connectivity index (χ0v) is 11.5. The highest BCUT2D eigenvalue weighted by Crippen LogP contribution is 2.33. The summed E-state index contributed by atoms with van der Waals surface area (Å²) in [6.07, 6.45) is 2.59. The maximum atomic E-state index is 11.5. The van der Waals surface area contributed by atoms with Crippen molar-refractivity contribution < 1.29 is 9.90 Å². The molecule has 0 spiro atoms. The van der Waals surface area contributed by atoms with Crippen LogP contribution in [-0.4, -0.2) is 23.8 Å². The second-order valence-electron chi connectivity index (χ2n) is 4.93. The molecule has 0 radical (unpaired) electrons. The Morgan fingerprint density at radius 1 is 1.32 bits per heavy atom. The van der Waals surface area contributed by atoms with Crippen LogP contribution in [0.25, 0.3) is 0 Å². The van der Waals surface area contributed by atoms with E-state index in [1.807, 2.05) is 12.1 Å². The molecule has 1 saturated carbocycles. The Morgan fingerprint density at radius 3 is 2.63 bits per heavy atom. The average molecular weight is 283 g/mol. The van der Waals surface area contributed by atoms with Gasteiger partial charge >= 0.3 is 6.03 Å². The van der Waals surface area contributed by atoms with Gasteiger partial charge in [0.25, 0.3) is 0 Å². The third-order valence-corrected chi connectivity index (χ3v) is 3.51. The molecule has 1 aliphatic carbocycles. The van der Waals surface area contributed by atoms with Gasteiger partial charge in [0.15, 0.2) is 0 Å². The summed E-state index contributed by atoms with van der Waals surface area (Å²) in [7, 11) is 0. The molecule has 104 valence electrons. The highest BCUT2D eigenvalue weighted by atomic mass is 35.5. The molecule has 19 heavy (non-hydrogen) atoms. The number of rotatable bonds is 6. The predicted octanol–water partition coefficient (Wildman–Crippen LogP) is 2.30. The highest BCUT2D eigenvalue weighted by Gasteiger charge is 2.29. The van der Waals surface area contributed by atoms with Crippen molar-refractivity contribution in [2.75, 3.05) is 6.54 Å². The number of carbonyl (C=O) groups excluding carboxylic acids is 1. The lowest BCUT2D eigenvalue weighted by atomic mass is 10.2. The van der Waals surface area contributed by atoms with Gasteiger partial charge in [0.1, 0.15) is 0 Å². The van der Waals surface area contributed by atoms with Crippen LogP contribution in [0.5, 0.6) is 0 Å². The number of nitrogens with one attached hydrogen (secondary N) is 2. The molecule has 1 aromatic rings. The van der Waals surface area contributed by atoms with Crippen LogP contribution in [0, 0.1) is 5.92 Å². The van der Waals surface area contributed by atoms with E-state index in [0.717, 1.165) is 18.4 Å². The predicted molar refractivity (Wildman–Crippen MR) is 75.0 cm³/mol. The van der Waals surface area contributed by atoms with Gasteiger partial charge in [-0.2, -0.15) is 0 Å². The Hall–Kier alpha value is -1.26. The fourth-order valence-electron chi connectivity index (χ4n) is 1.90. The van der Waals surface area contributed by atoms with Crippen LogP contribution in [-0.2, 0) is 6.54 Å². The molecule has 1 aliphatic rings. The summed E-state index contributed by atoms with van der Waals surface area (Å²) in [5, 5.41) is 15.8. The third kappa shape index (κ3) is 5.09. The second kappa shape index (κ2) is 6.78. The molecule has 1 atom stereocenters. The summed E-state index contributed by atoms with van der Waals surface area (Å²) >= 11 is 5.78. The molecular weight excluding hydrogens is 264 g/mol. The molecule has 1 fully saturated rings. The van der Waals surface area contributed by atoms with Crippen molar-refractivity contribution in [2.45, 2.75) is 31.9 Å². The van der Waals surface area contributed by atoms with Gasteiger partial charge in [-0.15, -0.1) is 0 Å². The Kier molecular flexibility index (Phi) is 5.05. The van der Waals surface area contributed by atoms with E-state index in [2.05, 4.69) is 10.6 Å². The number of hydrogen-bond acceptors (Lipinski definition) is 2. The number of carbonyl (C=O) groups is 1. The first kappa shape index (κ1) is 14.2. The smallest absolute Gasteiger partial charge is 0.315 e. The Morgan fingerprint density at radius 2 is 2.00 bits per heavy atom. The van der Waals surface area contributed by atoms with Crippen molar-refractivity contribution >= 4 is 17.6 Å². The van der Waals surface area contributed by atoms with Gasteiger partial charge in [-0.25, -0.2) is 4.79 Å². The lowest BCUT2D eigenvalue weighted by Crippen LogP contribution is -2.36. The summed E-state index contributed by atoms with van der Waals surface area (Å²) in [5.41, 5.74) is 0.998. The molecule has 2 rings (SSSR count). The second-order valence-corrected chi connectivity index (χ2v) is 5.37. The first-order valence-corrected chi connectivity index (χ1v) is 6.97. The molecule has 0 heterocycles. The number of aliphatic hydroxyl groups is 1. The minimum absolute atomic E-state index is 0.210. The number of aliphatic hydroxyl groups excluding tert-OH is 1. The molecule has 2 amide bonds. The van der Waals surface area contributed by atoms with Gasteiger partial charge in [0.05, 0.1) is 6.10 Å². The minimum Gasteiger partial charge on any atom is -0.393 e. The van der Waals surface area contributed by atoms with E-state index >= 15 is 0 Å². The van der Waals surface area contributed by atoms with Crippen LogP contribution < -0.4 is 10.6 Å². The number of amides is 2. The SMILES string of the molecule is O=C(NCC[C@H](O)C1CC1)NCc1ccc(Cl)cc1. The number of urea groups is 1. The van der Waals surface area contributed by atoms with E-state index in [0.29, 0.717) is 30.5 Å². The highest BCUT2D eigenvalue weighted by molar-refractivity contribution is 6.30. The molecular formula is C14H19ClN2O2. The summed E-state index contributed by atoms with van der Waals surface area (Å²) in [4.78, 5) is 11.5. The summed E-state index contributed by atoms with van der Waals surface area (Å²) in [6, 6.07) is 7.13. The van der Waals surface area contributed by atoms with Crippen molar-refractivity contribution in [1.82, 2.24) is 10.6 Å². The monoisotopic (exact) mass is 282 g/mol. The molecule has 0 aliphatic heterocycles. The largest absolute Gasteiger partial charge is 0.393 e. The fraction of sp³-hybridized carbons (Fsp3) is 0.500. The van der Waals surface area contributed by atoms with E-state index < -0.39 is 0 Å². The number of halogens is 1. The van der Waals surface area contributed by atoms with Crippen LogP contribution in [0.4, 0.5) is 4.79 Å². The molecule has 4 nitrogen and oxygen atoms in total. The van der Waals surface area contributed by atoms with Gasteiger partial charge in [-0.3, -0.25) is 0 Å². The van der Waals surface area contributed by atoms with E-state index in [1.54, 1.807) is 12.1 Å². The first-order chi connectivity index (χ1) is 9.15. The van der Waals surface area contributed by atoms with Crippen LogP contribution in [0.1, 0.15) is 24.8 Å². The van der Waals surface area contributed by atoms with Gasteiger partial charge in [0, 0.05) is 18.1 Å². The van der Waals surface area contributed by atoms with E-state index in [1.165, 1.54) is 0 Å². The topological polar surface area (TPSA) is 61.4 Å². The summed E-state index contributed by atoms with van der Waals surface area (Å²) < 4.78 is 0. The zero-order chi connectivity index (χ0) is 13.7. The van der Waals surface area contributed by atoms with E-state index in [9.17, 15) is 9.90 Å². The van der Waals surface area contributed by atoms with Crippen molar-refractivity contribution in [1.29, 1.82) is 0 Å². The van der Waals surface area contributed by atoms with Crippen molar-refractivity contribution in [3.63, 3.8) is 0 Å². The quantitative estimate of drug-likeness (QED) is 0.750. The van der Waals surface area contributed by atoms with Gasteiger partial charge in [0.2, 0.25) is 0 Å². The molecule has 3 N–H and O–H groups in total. The van der Waals surface area contributed by atoms with Crippen LogP contribution in [0.2, 0.25) is 5.02 Å². The van der Waals surface area contributed by atoms with E-state index in [4.69, 9.17) is 11.6 Å². The molecule has 0 unspecified atom stereocenters. The lowest BCUT2D eigenvalue weighted by molar-refractivity contribution is 0.141.